The van der Waals surface area contributed by atoms with Gasteiger partial charge in [-0.05, 0) is 26.0 Å². The Labute approximate surface area is 131 Å². The molecular weight excluding hydrogens is 276 g/mol. The summed E-state index contributed by atoms with van der Waals surface area (Å²) in [6.45, 7) is 7.23. The van der Waals surface area contributed by atoms with Crippen LogP contribution < -0.4 is 14.5 Å². The smallest absolute Gasteiger partial charge is 0.147 e. The number of rotatable bonds is 3. The fourth-order valence-corrected chi connectivity index (χ4v) is 3.10. The maximum atomic E-state index is 5.53. The van der Waals surface area contributed by atoms with E-state index in [1.54, 1.807) is 19.5 Å². The van der Waals surface area contributed by atoms with Gasteiger partial charge in [0.25, 0.3) is 0 Å². The zero-order valence-electron chi connectivity index (χ0n) is 13.4. The highest BCUT2D eigenvalue weighted by molar-refractivity contribution is 5.61. The van der Waals surface area contributed by atoms with E-state index in [9.17, 15) is 0 Å². The number of para-hydroxylation sites is 2. The average molecular weight is 298 g/mol. The van der Waals surface area contributed by atoms with Gasteiger partial charge in [-0.3, -0.25) is 4.98 Å². The highest BCUT2D eigenvalue weighted by Crippen LogP contribution is 2.35. The molecule has 1 aliphatic rings. The number of aromatic nitrogens is 2. The maximum absolute atomic E-state index is 5.53. The molecule has 0 radical (unpaired) electrons. The Morgan fingerprint density at radius 1 is 1.14 bits per heavy atom. The lowest BCUT2D eigenvalue weighted by Gasteiger charge is -2.49. The normalized spacial score (nSPS) is 17.4. The van der Waals surface area contributed by atoms with Crippen LogP contribution >= 0.6 is 0 Å². The number of benzene rings is 1. The van der Waals surface area contributed by atoms with E-state index in [1.165, 1.54) is 0 Å². The molecule has 0 spiro atoms. The first-order valence-electron chi connectivity index (χ1n) is 7.53. The monoisotopic (exact) mass is 298 g/mol. The Morgan fingerprint density at radius 2 is 1.95 bits per heavy atom. The molecule has 5 heteroatoms. The second-order valence-corrected chi connectivity index (χ2v) is 6.12. The standard InChI is InChI=1S/C17H22N4O/c1-17(2)13-20(16-12-18-8-9-19-16)10-11-21(17)14-6-4-5-7-15(14)22-3/h4-9,12H,10-11,13H2,1-3H3. The van der Waals surface area contributed by atoms with Gasteiger partial charge in [-0.1, -0.05) is 12.1 Å². The topological polar surface area (TPSA) is 41.5 Å². The van der Waals surface area contributed by atoms with Crippen molar-refractivity contribution in [2.75, 3.05) is 36.5 Å². The Kier molecular flexibility index (Phi) is 3.88. The minimum absolute atomic E-state index is 0.0234. The van der Waals surface area contributed by atoms with Crippen molar-refractivity contribution in [3.05, 3.63) is 42.9 Å². The number of piperazine rings is 1. The number of nitrogens with zero attached hydrogens (tertiary/aromatic N) is 4. The number of methoxy groups -OCH3 is 1. The summed E-state index contributed by atoms with van der Waals surface area (Å²) in [4.78, 5) is 13.3. The molecule has 22 heavy (non-hydrogen) atoms. The number of hydrogen-bond acceptors (Lipinski definition) is 5. The van der Waals surface area contributed by atoms with Gasteiger partial charge in [0.05, 0.1) is 24.5 Å². The highest BCUT2D eigenvalue weighted by atomic mass is 16.5. The van der Waals surface area contributed by atoms with Gasteiger partial charge in [0.2, 0.25) is 0 Å². The lowest BCUT2D eigenvalue weighted by atomic mass is 9.97. The highest BCUT2D eigenvalue weighted by Gasteiger charge is 2.35. The molecule has 0 bridgehead atoms. The van der Waals surface area contributed by atoms with E-state index in [2.05, 4.69) is 45.7 Å². The number of anilines is 2. The van der Waals surface area contributed by atoms with Gasteiger partial charge in [-0.15, -0.1) is 0 Å². The summed E-state index contributed by atoms with van der Waals surface area (Å²) in [6.07, 6.45) is 5.28. The Balaban J connectivity index is 1.85. The first kappa shape index (κ1) is 14.6. The van der Waals surface area contributed by atoms with Gasteiger partial charge in [-0.25, -0.2) is 4.98 Å². The molecule has 1 saturated heterocycles. The van der Waals surface area contributed by atoms with Crippen LogP contribution in [0.3, 0.4) is 0 Å². The fourth-order valence-electron chi connectivity index (χ4n) is 3.10. The zero-order chi connectivity index (χ0) is 15.6. The van der Waals surface area contributed by atoms with Crippen molar-refractivity contribution in [2.45, 2.75) is 19.4 Å². The van der Waals surface area contributed by atoms with E-state index in [0.717, 1.165) is 36.9 Å². The van der Waals surface area contributed by atoms with Crippen LogP contribution in [0.1, 0.15) is 13.8 Å². The Morgan fingerprint density at radius 3 is 2.64 bits per heavy atom. The summed E-state index contributed by atoms with van der Waals surface area (Å²) in [6, 6.07) is 8.20. The van der Waals surface area contributed by atoms with Crippen LogP contribution in [0, 0.1) is 0 Å². The van der Waals surface area contributed by atoms with E-state index in [4.69, 9.17) is 4.74 Å². The van der Waals surface area contributed by atoms with Crippen molar-refractivity contribution in [1.82, 2.24) is 9.97 Å². The predicted octanol–water partition coefficient (Wildman–Crippen LogP) is 2.59. The zero-order valence-corrected chi connectivity index (χ0v) is 13.4. The van der Waals surface area contributed by atoms with E-state index in [1.807, 2.05) is 18.3 Å². The van der Waals surface area contributed by atoms with Gasteiger partial charge in [0, 0.05) is 32.0 Å². The van der Waals surface area contributed by atoms with Crippen molar-refractivity contribution in [2.24, 2.45) is 0 Å². The summed E-state index contributed by atoms with van der Waals surface area (Å²) in [7, 11) is 1.72. The molecule has 1 aromatic carbocycles. The van der Waals surface area contributed by atoms with Gasteiger partial charge in [0.1, 0.15) is 11.6 Å². The third-order valence-corrected chi connectivity index (χ3v) is 4.15. The number of hydrogen-bond donors (Lipinski definition) is 0. The SMILES string of the molecule is COc1ccccc1N1CCN(c2cnccn2)CC1(C)C. The minimum Gasteiger partial charge on any atom is -0.495 e. The molecule has 2 aromatic rings. The third kappa shape index (κ3) is 2.71. The molecule has 0 amide bonds. The van der Waals surface area contributed by atoms with Gasteiger partial charge >= 0.3 is 0 Å². The summed E-state index contributed by atoms with van der Waals surface area (Å²) in [5.41, 5.74) is 1.12. The minimum atomic E-state index is -0.0234. The van der Waals surface area contributed by atoms with Crippen molar-refractivity contribution < 1.29 is 4.74 Å². The van der Waals surface area contributed by atoms with Crippen LogP contribution in [0.15, 0.2) is 42.9 Å². The van der Waals surface area contributed by atoms with E-state index in [0.29, 0.717) is 0 Å². The maximum Gasteiger partial charge on any atom is 0.147 e. The molecule has 0 aliphatic carbocycles. The van der Waals surface area contributed by atoms with E-state index >= 15 is 0 Å². The van der Waals surface area contributed by atoms with Crippen molar-refractivity contribution in [3.8, 4) is 5.75 Å². The molecule has 0 N–H and O–H groups in total. The quantitative estimate of drug-likeness (QED) is 0.871. The van der Waals surface area contributed by atoms with Gasteiger partial charge in [-0.2, -0.15) is 0 Å². The molecule has 0 atom stereocenters. The van der Waals surface area contributed by atoms with E-state index in [-0.39, 0.29) is 5.54 Å². The molecular formula is C17H22N4O. The Bertz CT molecular complexity index is 630. The first-order valence-corrected chi connectivity index (χ1v) is 7.53. The fraction of sp³-hybridized carbons (Fsp3) is 0.412. The molecule has 5 nitrogen and oxygen atoms in total. The second kappa shape index (κ2) is 5.83. The largest absolute Gasteiger partial charge is 0.495 e. The van der Waals surface area contributed by atoms with E-state index < -0.39 is 0 Å². The summed E-state index contributed by atoms with van der Waals surface area (Å²) in [5, 5.41) is 0. The van der Waals surface area contributed by atoms with Crippen LogP contribution in [0.4, 0.5) is 11.5 Å². The van der Waals surface area contributed by atoms with Crippen LogP contribution in [0.25, 0.3) is 0 Å². The first-order chi connectivity index (χ1) is 10.6. The number of ether oxygens (including phenoxy) is 1. The Hall–Kier alpha value is -2.30. The molecule has 1 aromatic heterocycles. The molecule has 2 heterocycles. The molecule has 0 unspecified atom stereocenters. The lowest BCUT2D eigenvalue weighted by molar-refractivity contribution is 0.388. The molecule has 116 valence electrons. The molecule has 0 saturated carbocycles. The summed E-state index contributed by atoms with van der Waals surface area (Å²) in [5.74, 6) is 1.86. The van der Waals surface area contributed by atoms with Gasteiger partial charge < -0.3 is 14.5 Å². The summed E-state index contributed by atoms with van der Waals surface area (Å²) >= 11 is 0. The lowest BCUT2D eigenvalue weighted by Crippen LogP contribution is -2.60. The van der Waals surface area contributed by atoms with Crippen LogP contribution in [-0.2, 0) is 0 Å². The van der Waals surface area contributed by atoms with Crippen molar-refractivity contribution in [3.63, 3.8) is 0 Å². The van der Waals surface area contributed by atoms with Gasteiger partial charge in [0.15, 0.2) is 0 Å². The molecule has 1 fully saturated rings. The van der Waals surface area contributed by atoms with Crippen molar-refractivity contribution in [1.29, 1.82) is 0 Å². The predicted molar refractivity (Wildman–Crippen MR) is 88.7 cm³/mol. The third-order valence-electron chi connectivity index (χ3n) is 4.15. The molecule has 1 aliphatic heterocycles. The van der Waals surface area contributed by atoms with Crippen LogP contribution in [0.2, 0.25) is 0 Å². The van der Waals surface area contributed by atoms with Crippen LogP contribution in [-0.4, -0.2) is 42.3 Å². The second-order valence-electron chi connectivity index (χ2n) is 6.12. The van der Waals surface area contributed by atoms with Crippen molar-refractivity contribution >= 4 is 11.5 Å². The summed E-state index contributed by atoms with van der Waals surface area (Å²) < 4.78 is 5.53. The van der Waals surface area contributed by atoms with Crippen LogP contribution in [0.5, 0.6) is 5.75 Å². The average Bonchev–Trinajstić information content (AvgIpc) is 2.55. The molecule has 3 rings (SSSR count).